The minimum Gasteiger partial charge on any atom is -0.368 e. The zero-order valence-corrected chi connectivity index (χ0v) is 8.94. The topological polar surface area (TPSA) is 49.9 Å². The number of rotatable bonds is 1. The van der Waals surface area contributed by atoms with Crippen LogP contribution >= 0.6 is 0 Å². The summed E-state index contributed by atoms with van der Waals surface area (Å²) in [6.07, 6.45) is 1.43. The maximum atomic E-state index is 11.9. The van der Waals surface area contributed by atoms with Gasteiger partial charge < -0.3 is 14.5 Å². The molecule has 0 N–H and O–H groups in total. The molecule has 2 saturated heterocycles. The van der Waals surface area contributed by atoms with Crippen LogP contribution in [0.1, 0.15) is 12.8 Å². The highest BCUT2D eigenvalue weighted by Crippen LogP contribution is 2.15. The van der Waals surface area contributed by atoms with E-state index in [0.29, 0.717) is 19.7 Å². The summed E-state index contributed by atoms with van der Waals surface area (Å²) in [4.78, 5) is 26.6. The Bertz CT molecular complexity index is 274. The summed E-state index contributed by atoms with van der Waals surface area (Å²) >= 11 is 0. The predicted octanol–water partition coefficient (Wildman–Crippen LogP) is -0.534. The maximum absolute atomic E-state index is 11.9. The first-order valence-electron chi connectivity index (χ1n) is 5.33. The van der Waals surface area contributed by atoms with Gasteiger partial charge in [0, 0.05) is 26.7 Å². The summed E-state index contributed by atoms with van der Waals surface area (Å²) in [6.45, 7) is 2.12. The fraction of sp³-hybridized carbons (Fsp3) is 0.800. The van der Waals surface area contributed by atoms with Gasteiger partial charge in [-0.25, -0.2) is 0 Å². The molecule has 0 aliphatic carbocycles. The summed E-state index contributed by atoms with van der Waals surface area (Å²) in [5, 5.41) is 0. The summed E-state index contributed by atoms with van der Waals surface area (Å²) in [5.41, 5.74) is 0. The average molecular weight is 212 g/mol. The van der Waals surface area contributed by atoms with Gasteiger partial charge in [-0.3, -0.25) is 9.59 Å². The number of hydrogen-bond acceptors (Lipinski definition) is 3. The van der Waals surface area contributed by atoms with Gasteiger partial charge in [-0.15, -0.1) is 0 Å². The second kappa shape index (κ2) is 4.18. The van der Waals surface area contributed by atoms with E-state index < -0.39 is 0 Å². The Balaban J connectivity index is 1.93. The molecule has 0 aromatic rings. The molecular formula is C10H16N2O3. The number of nitrogens with zero attached hydrogens (tertiary/aromatic N) is 2. The number of piperazine rings is 1. The van der Waals surface area contributed by atoms with Crippen molar-refractivity contribution in [3.8, 4) is 0 Å². The Morgan fingerprint density at radius 3 is 2.87 bits per heavy atom. The molecule has 1 unspecified atom stereocenters. The van der Waals surface area contributed by atoms with E-state index >= 15 is 0 Å². The highest BCUT2D eigenvalue weighted by atomic mass is 16.5. The first-order chi connectivity index (χ1) is 7.18. The van der Waals surface area contributed by atoms with Crippen LogP contribution in [0.25, 0.3) is 0 Å². The summed E-state index contributed by atoms with van der Waals surface area (Å²) in [6, 6.07) is 0. The highest BCUT2D eigenvalue weighted by Gasteiger charge is 2.32. The Morgan fingerprint density at radius 2 is 2.27 bits per heavy atom. The molecule has 0 aromatic carbocycles. The molecule has 0 radical (unpaired) electrons. The van der Waals surface area contributed by atoms with Crippen LogP contribution in [0.2, 0.25) is 0 Å². The number of likely N-dealkylation sites (N-methyl/N-ethyl adjacent to an activating group) is 1. The lowest BCUT2D eigenvalue weighted by atomic mass is 10.2. The molecule has 2 aliphatic heterocycles. The molecule has 2 rings (SSSR count). The molecule has 15 heavy (non-hydrogen) atoms. The Hall–Kier alpha value is -1.10. The van der Waals surface area contributed by atoms with Crippen molar-refractivity contribution in [3.63, 3.8) is 0 Å². The second-order valence-electron chi connectivity index (χ2n) is 4.08. The van der Waals surface area contributed by atoms with Crippen LogP contribution in [0.5, 0.6) is 0 Å². The molecule has 0 spiro atoms. The number of ether oxygens (including phenoxy) is 1. The van der Waals surface area contributed by atoms with E-state index in [1.54, 1.807) is 16.8 Å². The quantitative estimate of drug-likeness (QED) is 0.587. The third kappa shape index (κ3) is 2.12. The van der Waals surface area contributed by atoms with Crippen molar-refractivity contribution < 1.29 is 14.3 Å². The molecule has 0 aromatic heterocycles. The standard InChI is InChI=1S/C10H16N2O3/c1-11-4-5-12(7-9(11)13)10(14)8-3-2-6-15-8/h8H,2-7H2,1H3. The average Bonchev–Trinajstić information content (AvgIpc) is 2.74. The van der Waals surface area contributed by atoms with Gasteiger partial charge in [0.1, 0.15) is 6.10 Å². The van der Waals surface area contributed by atoms with Gasteiger partial charge in [0.05, 0.1) is 6.54 Å². The van der Waals surface area contributed by atoms with Gasteiger partial charge in [-0.1, -0.05) is 0 Å². The minimum atomic E-state index is -0.304. The first-order valence-corrected chi connectivity index (χ1v) is 5.33. The summed E-state index contributed by atoms with van der Waals surface area (Å²) in [7, 11) is 1.76. The molecule has 2 amide bonds. The van der Waals surface area contributed by atoms with Gasteiger partial charge in [0.25, 0.3) is 5.91 Å². The van der Waals surface area contributed by atoms with E-state index in [-0.39, 0.29) is 24.5 Å². The Kier molecular flexibility index (Phi) is 2.90. The lowest BCUT2D eigenvalue weighted by Crippen LogP contribution is -2.53. The largest absolute Gasteiger partial charge is 0.368 e. The summed E-state index contributed by atoms with van der Waals surface area (Å²) < 4.78 is 5.31. The van der Waals surface area contributed by atoms with Gasteiger partial charge in [-0.05, 0) is 12.8 Å². The lowest BCUT2D eigenvalue weighted by molar-refractivity contribution is -0.149. The molecule has 2 aliphatic rings. The van der Waals surface area contributed by atoms with Crippen LogP contribution in [0, 0.1) is 0 Å². The molecule has 5 heteroatoms. The van der Waals surface area contributed by atoms with Crippen molar-refractivity contribution in [1.82, 2.24) is 9.80 Å². The SMILES string of the molecule is CN1CCN(C(=O)C2CCCO2)CC1=O. The van der Waals surface area contributed by atoms with Crippen molar-refractivity contribution >= 4 is 11.8 Å². The van der Waals surface area contributed by atoms with Crippen molar-refractivity contribution in [1.29, 1.82) is 0 Å². The van der Waals surface area contributed by atoms with Crippen LogP contribution in [0.3, 0.4) is 0 Å². The van der Waals surface area contributed by atoms with Gasteiger partial charge >= 0.3 is 0 Å². The van der Waals surface area contributed by atoms with Gasteiger partial charge in [-0.2, -0.15) is 0 Å². The fourth-order valence-corrected chi connectivity index (χ4v) is 1.92. The molecule has 1 atom stereocenters. The summed E-state index contributed by atoms with van der Waals surface area (Å²) in [5.74, 6) is -0.0125. The Morgan fingerprint density at radius 1 is 1.47 bits per heavy atom. The van der Waals surface area contributed by atoms with Crippen molar-refractivity contribution in [2.45, 2.75) is 18.9 Å². The van der Waals surface area contributed by atoms with E-state index in [9.17, 15) is 9.59 Å². The van der Waals surface area contributed by atoms with Crippen LogP contribution < -0.4 is 0 Å². The lowest BCUT2D eigenvalue weighted by Gasteiger charge is -2.33. The van der Waals surface area contributed by atoms with Crippen LogP contribution in [-0.2, 0) is 14.3 Å². The molecule has 5 nitrogen and oxygen atoms in total. The second-order valence-corrected chi connectivity index (χ2v) is 4.08. The number of hydrogen-bond donors (Lipinski definition) is 0. The van der Waals surface area contributed by atoms with Crippen molar-refractivity contribution in [3.05, 3.63) is 0 Å². The third-order valence-electron chi connectivity index (χ3n) is 2.97. The van der Waals surface area contributed by atoms with Crippen LogP contribution in [0.4, 0.5) is 0 Å². The molecule has 0 saturated carbocycles. The Labute approximate surface area is 89.0 Å². The minimum absolute atomic E-state index is 0.00703. The molecule has 2 fully saturated rings. The van der Waals surface area contributed by atoms with E-state index in [2.05, 4.69) is 0 Å². The highest BCUT2D eigenvalue weighted by molar-refractivity contribution is 5.88. The zero-order valence-electron chi connectivity index (χ0n) is 8.94. The maximum Gasteiger partial charge on any atom is 0.252 e. The van der Waals surface area contributed by atoms with Gasteiger partial charge in [0.2, 0.25) is 5.91 Å². The van der Waals surface area contributed by atoms with E-state index in [4.69, 9.17) is 4.74 Å². The van der Waals surface area contributed by atoms with Crippen molar-refractivity contribution in [2.24, 2.45) is 0 Å². The molecule has 2 heterocycles. The number of amides is 2. The normalized spacial score (nSPS) is 27.3. The molecular weight excluding hydrogens is 196 g/mol. The fourth-order valence-electron chi connectivity index (χ4n) is 1.92. The van der Waals surface area contributed by atoms with E-state index in [0.717, 1.165) is 12.8 Å². The van der Waals surface area contributed by atoms with E-state index in [1.165, 1.54) is 0 Å². The zero-order chi connectivity index (χ0) is 10.8. The van der Waals surface area contributed by atoms with E-state index in [1.807, 2.05) is 0 Å². The first kappa shape index (κ1) is 10.4. The smallest absolute Gasteiger partial charge is 0.252 e. The number of carbonyl (C=O) groups is 2. The third-order valence-corrected chi connectivity index (χ3v) is 2.97. The van der Waals surface area contributed by atoms with Crippen molar-refractivity contribution in [2.75, 3.05) is 33.3 Å². The molecule has 0 bridgehead atoms. The van der Waals surface area contributed by atoms with Crippen LogP contribution in [-0.4, -0.2) is 61.0 Å². The van der Waals surface area contributed by atoms with Gasteiger partial charge in [0.15, 0.2) is 0 Å². The monoisotopic (exact) mass is 212 g/mol. The molecule has 84 valence electrons. The number of carbonyl (C=O) groups excluding carboxylic acids is 2. The predicted molar refractivity (Wildman–Crippen MR) is 53.2 cm³/mol. The van der Waals surface area contributed by atoms with Crippen LogP contribution in [0.15, 0.2) is 0 Å².